The summed E-state index contributed by atoms with van der Waals surface area (Å²) in [7, 11) is 1.77. The molecule has 5 nitrogen and oxygen atoms in total. The number of ketones is 1. The second kappa shape index (κ2) is 4.59. The number of rotatable bonds is 3. The largest absolute Gasteiger partial charge is 0.453 e. The Hall–Kier alpha value is -2.43. The fourth-order valence-electron chi connectivity index (χ4n) is 2.52. The number of hydrogen-bond donors (Lipinski definition) is 0. The Morgan fingerprint density at radius 2 is 2.15 bits per heavy atom. The van der Waals surface area contributed by atoms with E-state index in [-0.39, 0.29) is 18.2 Å². The van der Waals surface area contributed by atoms with E-state index in [1.807, 2.05) is 12.1 Å². The molecule has 0 amide bonds. The van der Waals surface area contributed by atoms with Crippen molar-refractivity contribution in [3.63, 3.8) is 0 Å². The molecular weight excluding hydrogens is 256 g/mol. The van der Waals surface area contributed by atoms with Crippen molar-refractivity contribution in [1.29, 1.82) is 0 Å². The smallest absolute Gasteiger partial charge is 0.339 e. The molecule has 2 heterocycles. The molecule has 2 aromatic rings. The van der Waals surface area contributed by atoms with Crippen LogP contribution in [0.1, 0.15) is 44.5 Å². The number of benzene rings is 1. The highest BCUT2D eigenvalue weighted by atomic mass is 16.5. The van der Waals surface area contributed by atoms with Gasteiger partial charge in [0.05, 0.1) is 23.2 Å². The zero-order valence-electron chi connectivity index (χ0n) is 11.3. The van der Waals surface area contributed by atoms with Crippen molar-refractivity contribution in [2.45, 2.75) is 19.4 Å². The monoisotopic (exact) mass is 270 g/mol. The van der Waals surface area contributed by atoms with Gasteiger partial charge in [0.25, 0.3) is 0 Å². The molecule has 0 saturated heterocycles. The fraction of sp³-hybridized carbons (Fsp3) is 0.267. The summed E-state index contributed by atoms with van der Waals surface area (Å²) in [5.41, 5.74) is 2.60. The molecule has 0 radical (unpaired) electrons. The number of aryl methyl sites for hydroxylation is 2. The summed E-state index contributed by atoms with van der Waals surface area (Å²) in [5.74, 6) is -0.425. The highest BCUT2D eigenvalue weighted by Crippen LogP contribution is 2.33. The highest BCUT2D eigenvalue weighted by molar-refractivity contribution is 5.99. The van der Waals surface area contributed by atoms with Crippen LogP contribution in [0.3, 0.4) is 0 Å². The van der Waals surface area contributed by atoms with E-state index in [0.29, 0.717) is 16.8 Å². The Morgan fingerprint density at radius 1 is 1.40 bits per heavy atom. The molecule has 20 heavy (non-hydrogen) atoms. The number of esters is 1. The minimum atomic E-state index is -0.495. The van der Waals surface area contributed by atoms with E-state index in [9.17, 15) is 9.59 Å². The van der Waals surface area contributed by atoms with Gasteiger partial charge in [0.2, 0.25) is 0 Å². The second-order valence-corrected chi connectivity index (χ2v) is 4.91. The van der Waals surface area contributed by atoms with Crippen LogP contribution in [0.5, 0.6) is 0 Å². The van der Waals surface area contributed by atoms with Gasteiger partial charge >= 0.3 is 5.97 Å². The lowest BCUT2D eigenvalue weighted by molar-refractivity contribution is 0.0367. The molecule has 102 valence electrons. The summed E-state index contributed by atoms with van der Waals surface area (Å²) >= 11 is 0. The third-order valence-electron chi connectivity index (χ3n) is 3.46. The lowest BCUT2D eigenvalue weighted by atomic mass is 9.99. The van der Waals surface area contributed by atoms with Crippen molar-refractivity contribution in [2.24, 2.45) is 7.05 Å². The topological polar surface area (TPSA) is 61.2 Å². The van der Waals surface area contributed by atoms with Crippen LogP contribution in [0.25, 0.3) is 0 Å². The van der Waals surface area contributed by atoms with Gasteiger partial charge in [-0.05, 0) is 13.0 Å². The maximum absolute atomic E-state index is 12.3. The molecule has 1 aromatic carbocycles. The number of aromatic nitrogens is 2. The summed E-state index contributed by atoms with van der Waals surface area (Å²) in [6, 6.07) is 7.18. The van der Waals surface area contributed by atoms with E-state index in [1.165, 1.54) is 0 Å². The molecule has 0 N–H and O–H groups in total. The fourth-order valence-corrected chi connectivity index (χ4v) is 2.52. The summed E-state index contributed by atoms with van der Waals surface area (Å²) in [6.07, 6.45) is 1.35. The Kier molecular flexibility index (Phi) is 2.89. The first-order valence-electron chi connectivity index (χ1n) is 6.39. The van der Waals surface area contributed by atoms with Crippen LogP contribution in [0.2, 0.25) is 0 Å². The predicted molar refractivity (Wildman–Crippen MR) is 71.5 cm³/mol. The van der Waals surface area contributed by atoms with Gasteiger partial charge in [-0.1, -0.05) is 18.2 Å². The molecule has 0 spiro atoms. The van der Waals surface area contributed by atoms with Crippen LogP contribution in [-0.2, 0) is 11.8 Å². The van der Waals surface area contributed by atoms with E-state index in [4.69, 9.17) is 4.74 Å². The minimum absolute atomic E-state index is 0.0647. The summed E-state index contributed by atoms with van der Waals surface area (Å²) in [4.78, 5) is 24.0. The summed E-state index contributed by atoms with van der Waals surface area (Å²) in [5, 5.41) is 4.15. The average Bonchev–Trinajstić information content (AvgIpc) is 2.91. The van der Waals surface area contributed by atoms with Gasteiger partial charge in [-0.15, -0.1) is 0 Å². The van der Waals surface area contributed by atoms with Gasteiger partial charge in [0, 0.05) is 18.8 Å². The molecule has 5 heteroatoms. The Balaban J connectivity index is 1.85. The number of carbonyl (C=O) groups excluding carboxylic acids is 2. The summed E-state index contributed by atoms with van der Waals surface area (Å²) in [6.45, 7) is 1.79. The lowest BCUT2D eigenvalue weighted by Crippen LogP contribution is -2.08. The standard InChI is InChI=1S/C15H14N2O3/c1-9-12(8-17(2)16-9)13(18)7-14-10-5-3-4-6-11(10)15(19)20-14/h3-6,8,14H,7H2,1-2H3/t14-/m1/s1. The molecular formula is C15H14N2O3. The van der Waals surface area contributed by atoms with Gasteiger partial charge in [0.1, 0.15) is 6.10 Å². The maximum Gasteiger partial charge on any atom is 0.339 e. The third kappa shape index (κ3) is 2.01. The van der Waals surface area contributed by atoms with Crippen LogP contribution < -0.4 is 0 Å². The van der Waals surface area contributed by atoms with Gasteiger partial charge in [0.15, 0.2) is 5.78 Å². The molecule has 0 bridgehead atoms. The normalized spacial score (nSPS) is 16.9. The Bertz CT molecular complexity index is 703. The number of nitrogens with zero attached hydrogens (tertiary/aromatic N) is 2. The molecule has 0 fully saturated rings. The molecule has 1 atom stereocenters. The number of hydrogen-bond acceptors (Lipinski definition) is 4. The third-order valence-corrected chi connectivity index (χ3v) is 3.46. The zero-order chi connectivity index (χ0) is 14.3. The molecule has 1 aromatic heterocycles. The molecule has 0 saturated carbocycles. The van der Waals surface area contributed by atoms with Gasteiger partial charge in [-0.25, -0.2) is 4.79 Å². The second-order valence-electron chi connectivity index (χ2n) is 4.91. The minimum Gasteiger partial charge on any atom is -0.453 e. The molecule has 1 aliphatic heterocycles. The number of carbonyl (C=O) groups is 2. The van der Waals surface area contributed by atoms with Crippen LogP contribution >= 0.6 is 0 Å². The van der Waals surface area contributed by atoms with E-state index in [2.05, 4.69) is 5.10 Å². The molecule has 0 unspecified atom stereocenters. The van der Waals surface area contributed by atoms with E-state index in [1.54, 1.807) is 37.0 Å². The van der Waals surface area contributed by atoms with Crippen LogP contribution in [0, 0.1) is 6.92 Å². The summed E-state index contributed by atoms with van der Waals surface area (Å²) < 4.78 is 6.89. The van der Waals surface area contributed by atoms with E-state index in [0.717, 1.165) is 5.56 Å². The quantitative estimate of drug-likeness (QED) is 0.633. The number of fused-ring (bicyclic) bond motifs is 1. The van der Waals surface area contributed by atoms with Crippen molar-refractivity contribution in [2.75, 3.05) is 0 Å². The van der Waals surface area contributed by atoms with Crippen molar-refractivity contribution in [3.8, 4) is 0 Å². The van der Waals surface area contributed by atoms with Crippen molar-refractivity contribution in [1.82, 2.24) is 9.78 Å². The van der Waals surface area contributed by atoms with Gasteiger partial charge in [-0.3, -0.25) is 9.48 Å². The molecule has 1 aliphatic rings. The predicted octanol–water partition coefficient (Wildman–Crippen LogP) is 2.21. The van der Waals surface area contributed by atoms with E-state index < -0.39 is 6.10 Å². The average molecular weight is 270 g/mol. The van der Waals surface area contributed by atoms with Gasteiger partial charge < -0.3 is 4.74 Å². The molecule has 3 rings (SSSR count). The Labute approximate surface area is 116 Å². The lowest BCUT2D eigenvalue weighted by Gasteiger charge is -2.09. The van der Waals surface area contributed by atoms with Crippen LogP contribution in [0.15, 0.2) is 30.5 Å². The van der Waals surface area contributed by atoms with Crippen LogP contribution in [-0.4, -0.2) is 21.5 Å². The SMILES string of the molecule is Cc1nn(C)cc1C(=O)C[C@H]1OC(=O)c2ccccc21. The van der Waals surface area contributed by atoms with E-state index >= 15 is 0 Å². The van der Waals surface area contributed by atoms with Crippen molar-refractivity contribution < 1.29 is 14.3 Å². The number of Topliss-reactive ketones (excluding diaryl/α,β-unsaturated/α-hetero) is 1. The number of ether oxygens (including phenoxy) is 1. The zero-order valence-corrected chi connectivity index (χ0v) is 11.3. The van der Waals surface area contributed by atoms with Crippen LogP contribution in [0.4, 0.5) is 0 Å². The first kappa shape index (κ1) is 12.6. The van der Waals surface area contributed by atoms with Gasteiger partial charge in [-0.2, -0.15) is 5.10 Å². The maximum atomic E-state index is 12.3. The van der Waals surface area contributed by atoms with Crippen molar-refractivity contribution >= 4 is 11.8 Å². The first-order chi connectivity index (χ1) is 9.56. The highest BCUT2D eigenvalue weighted by Gasteiger charge is 2.32. The molecule has 0 aliphatic carbocycles. The first-order valence-corrected chi connectivity index (χ1v) is 6.39. The van der Waals surface area contributed by atoms with Crippen molar-refractivity contribution in [3.05, 3.63) is 52.8 Å². The Morgan fingerprint density at radius 3 is 2.85 bits per heavy atom. The number of cyclic esters (lactones) is 1.